The van der Waals surface area contributed by atoms with Crippen LogP contribution in [0.4, 0.5) is 26.3 Å². The molecule has 2 rings (SSSR count). The fourth-order valence-electron chi connectivity index (χ4n) is 5.29. The van der Waals surface area contributed by atoms with E-state index in [9.17, 15) is 40.7 Å². The highest BCUT2D eigenvalue weighted by atomic mass is 28.4. The summed E-state index contributed by atoms with van der Waals surface area (Å²) in [5.41, 5.74) is 0.0179. The summed E-state index contributed by atoms with van der Waals surface area (Å²) < 4.78 is 107. The quantitative estimate of drug-likeness (QED) is 0.0773. The SMILES string of the molecule is CCO[Si](OCC)(OCC)C(C)CC(CC(CC1C(=O)OC(=O)C1C)c1ccccc1)C(=O)OCC(F)(F)C(F)C(F)(F)F. The van der Waals surface area contributed by atoms with Gasteiger partial charge in [-0.15, -0.1) is 0 Å². The molecule has 0 radical (unpaired) electrons. The Bertz CT molecular complexity index is 1070. The van der Waals surface area contributed by atoms with Crippen molar-refractivity contribution in [3.8, 4) is 0 Å². The number of cyclic esters (lactones) is 2. The van der Waals surface area contributed by atoms with Crippen molar-refractivity contribution in [3.05, 3.63) is 35.9 Å². The minimum atomic E-state index is -5.87. The van der Waals surface area contributed by atoms with Gasteiger partial charge in [0.2, 0.25) is 0 Å². The number of hydrogen-bond acceptors (Lipinski definition) is 8. The maximum atomic E-state index is 14.1. The van der Waals surface area contributed by atoms with Crippen LogP contribution >= 0.6 is 0 Å². The highest BCUT2D eigenvalue weighted by Crippen LogP contribution is 2.41. The number of halogens is 6. The minimum absolute atomic E-state index is 0.0374. The number of carbonyl (C=O) groups is 3. The molecule has 44 heavy (non-hydrogen) atoms. The Morgan fingerprint density at radius 2 is 1.48 bits per heavy atom. The van der Waals surface area contributed by atoms with Crippen molar-refractivity contribution < 1.29 is 63.5 Å². The molecule has 1 aromatic carbocycles. The summed E-state index contributed by atoms with van der Waals surface area (Å²) >= 11 is 0. The molecule has 1 fully saturated rings. The van der Waals surface area contributed by atoms with Crippen LogP contribution in [-0.2, 0) is 37.1 Å². The molecule has 0 spiro atoms. The first kappa shape index (κ1) is 37.7. The van der Waals surface area contributed by atoms with Crippen molar-refractivity contribution in [3.63, 3.8) is 0 Å². The average Bonchev–Trinajstić information content (AvgIpc) is 3.20. The second-order valence-corrected chi connectivity index (χ2v) is 13.8. The van der Waals surface area contributed by atoms with Gasteiger partial charge >= 0.3 is 38.8 Å². The molecule has 0 aromatic heterocycles. The number of alkyl halides is 6. The van der Waals surface area contributed by atoms with E-state index in [4.69, 9.17) is 18.0 Å². The highest BCUT2D eigenvalue weighted by Gasteiger charge is 2.58. The molecule has 1 heterocycles. The Labute approximate surface area is 254 Å². The van der Waals surface area contributed by atoms with Crippen LogP contribution < -0.4 is 0 Å². The first-order valence-electron chi connectivity index (χ1n) is 14.5. The van der Waals surface area contributed by atoms with Crippen molar-refractivity contribution in [1.29, 1.82) is 0 Å². The third-order valence-corrected chi connectivity index (χ3v) is 11.1. The summed E-state index contributed by atoms with van der Waals surface area (Å²) in [7, 11) is -3.49. The average molecular weight is 659 g/mol. The van der Waals surface area contributed by atoms with E-state index < -0.39 is 80.8 Å². The lowest BCUT2D eigenvalue weighted by atomic mass is 9.78. The van der Waals surface area contributed by atoms with Crippen LogP contribution in [0.1, 0.15) is 65.4 Å². The number of rotatable bonds is 18. The van der Waals surface area contributed by atoms with Crippen LogP contribution in [0.25, 0.3) is 0 Å². The Balaban J connectivity index is 2.47. The van der Waals surface area contributed by atoms with E-state index in [0.29, 0.717) is 5.56 Å². The second-order valence-electron chi connectivity index (χ2n) is 10.7. The highest BCUT2D eigenvalue weighted by molar-refractivity contribution is 6.62. The predicted octanol–water partition coefficient (Wildman–Crippen LogP) is 6.41. The molecule has 250 valence electrons. The van der Waals surface area contributed by atoms with Gasteiger partial charge in [-0.3, -0.25) is 14.4 Å². The van der Waals surface area contributed by atoms with Gasteiger partial charge < -0.3 is 22.8 Å². The number of ether oxygens (including phenoxy) is 2. The van der Waals surface area contributed by atoms with Gasteiger partial charge in [-0.2, -0.15) is 22.0 Å². The van der Waals surface area contributed by atoms with Gasteiger partial charge in [0, 0.05) is 25.4 Å². The Morgan fingerprint density at radius 1 is 0.932 bits per heavy atom. The summed E-state index contributed by atoms with van der Waals surface area (Å²) in [5.74, 6) is -11.3. The van der Waals surface area contributed by atoms with Gasteiger partial charge in [-0.25, -0.2) is 4.39 Å². The fraction of sp³-hybridized carbons (Fsp3) is 0.690. The summed E-state index contributed by atoms with van der Waals surface area (Å²) in [6, 6.07) is 8.57. The summed E-state index contributed by atoms with van der Waals surface area (Å²) in [5, 5.41) is 0. The van der Waals surface area contributed by atoms with Gasteiger partial charge in [0.15, 0.2) is 6.61 Å². The molecular formula is C29H40F6O8Si. The van der Waals surface area contributed by atoms with Crippen LogP contribution in [0.3, 0.4) is 0 Å². The monoisotopic (exact) mass is 658 g/mol. The molecule has 1 saturated heterocycles. The Hall–Kier alpha value is -2.49. The van der Waals surface area contributed by atoms with Crippen molar-refractivity contribution >= 4 is 26.7 Å². The lowest BCUT2D eigenvalue weighted by Gasteiger charge is -2.35. The molecule has 1 aromatic rings. The van der Waals surface area contributed by atoms with Gasteiger partial charge in [0.25, 0.3) is 6.17 Å². The predicted molar refractivity (Wildman–Crippen MR) is 147 cm³/mol. The van der Waals surface area contributed by atoms with Gasteiger partial charge in [0.1, 0.15) is 0 Å². The topological polar surface area (TPSA) is 97.4 Å². The molecule has 6 unspecified atom stereocenters. The van der Waals surface area contributed by atoms with Crippen LogP contribution in [0, 0.1) is 17.8 Å². The molecule has 8 nitrogen and oxygen atoms in total. The molecule has 15 heteroatoms. The van der Waals surface area contributed by atoms with Crippen LogP contribution in [0.5, 0.6) is 0 Å². The summed E-state index contributed by atoms with van der Waals surface area (Å²) in [6.45, 7) is 6.76. The van der Waals surface area contributed by atoms with Crippen LogP contribution in [0.15, 0.2) is 30.3 Å². The molecule has 1 aliphatic heterocycles. The maximum absolute atomic E-state index is 14.1. The Kier molecular flexibility index (Phi) is 13.9. The molecule has 0 N–H and O–H groups in total. The lowest BCUT2D eigenvalue weighted by molar-refractivity contribution is -0.254. The van der Waals surface area contributed by atoms with Gasteiger partial charge in [-0.05, 0) is 51.5 Å². The molecule has 0 bridgehead atoms. The molecular weight excluding hydrogens is 618 g/mol. The molecule has 6 atom stereocenters. The lowest BCUT2D eigenvalue weighted by Crippen LogP contribution is -2.50. The van der Waals surface area contributed by atoms with Crippen molar-refractivity contribution in [2.75, 3.05) is 26.4 Å². The van der Waals surface area contributed by atoms with Crippen LogP contribution in [-0.4, -0.2) is 71.4 Å². The summed E-state index contributed by atoms with van der Waals surface area (Å²) in [4.78, 5) is 37.9. The van der Waals surface area contributed by atoms with E-state index >= 15 is 0 Å². The number of carbonyl (C=O) groups excluding carboxylic acids is 3. The van der Waals surface area contributed by atoms with E-state index in [2.05, 4.69) is 4.74 Å². The fourth-order valence-corrected chi connectivity index (χ4v) is 8.18. The summed E-state index contributed by atoms with van der Waals surface area (Å²) in [6.07, 6.45) is -10.6. The number of hydrogen-bond donors (Lipinski definition) is 0. The van der Waals surface area contributed by atoms with Crippen molar-refractivity contribution in [2.45, 2.75) is 83.6 Å². The zero-order chi connectivity index (χ0) is 33.3. The van der Waals surface area contributed by atoms with E-state index in [0.717, 1.165) is 0 Å². The number of benzene rings is 1. The van der Waals surface area contributed by atoms with Crippen molar-refractivity contribution in [1.82, 2.24) is 0 Å². The van der Waals surface area contributed by atoms with E-state index in [-0.39, 0.29) is 39.1 Å². The second kappa shape index (κ2) is 16.2. The van der Waals surface area contributed by atoms with Crippen molar-refractivity contribution in [2.24, 2.45) is 17.8 Å². The Morgan fingerprint density at radius 3 is 1.93 bits per heavy atom. The zero-order valence-corrected chi connectivity index (χ0v) is 26.3. The normalized spacial score (nSPS) is 20.6. The maximum Gasteiger partial charge on any atom is 0.503 e. The molecule has 0 aliphatic carbocycles. The van der Waals surface area contributed by atoms with E-state index in [1.165, 1.54) is 6.92 Å². The van der Waals surface area contributed by atoms with Gasteiger partial charge in [-0.1, -0.05) is 44.2 Å². The number of esters is 3. The molecule has 1 aliphatic rings. The standard InChI is InChI=1S/C29H40F6O8Si/c1-6-40-44(41-7-2,42-8-3)18(4)14-22(25(37)39-17-28(31,32)27(30)29(33,34)35)15-21(20-12-10-9-11-13-20)16-23-19(5)24(36)43-26(23)38/h9-13,18-19,21-23,27H,6-8,14-17H2,1-5H3. The molecule has 0 amide bonds. The minimum Gasteiger partial charge on any atom is -0.459 e. The van der Waals surface area contributed by atoms with E-state index in [1.54, 1.807) is 58.0 Å². The smallest absolute Gasteiger partial charge is 0.459 e. The first-order valence-corrected chi connectivity index (χ1v) is 16.3. The largest absolute Gasteiger partial charge is 0.503 e. The zero-order valence-electron chi connectivity index (χ0n) is 25.3. The third-order valence-electron chi connectivity index (χ3n) is 7.53. The van der Waals surface area contributed by atoms with Gasteiger partial charge in [0.05, 0.1) is 17.8 Å². The first-order chi connectivity index (χ1) is 20.5. The third kappa shape index (κ3) is 9.75. The molecule has 0 saturated carbocycles. The van der Waals surface area contributed by atoms with E-state index in [1.807, 2.05) is 0 Å². The van der Waals surface area contributed by atoms with Crippen LogP contribution in [0.2, 0.25) is 5.54 Å².